The molecule has 1 aromatic carbocycles. The molecule has 0 radical (unpaired) electrons. The normalized spacial score (nSPS) is 25.5. The van der Waals surface area contributed by atoms with Gasteiger partial charge in [0.05, 0.1) is 4.90 Å². The minimum Gasteiger partial charge on any atom is -0.303 e. The van der Waals surface area contributed by atoms with Crippen LogP contribution in [0.15, 0.2) is 35.2 Å². The first-order valence-electron chi connectivity index (χ1n) is 9.33. The fraction of sp³-hybridized carbons (Fsp3) is 0.684. The average Bonchev–Trinajstić information content (AvgIpc) is 2.84. The van der Waals surface area contributed by atoms with Gasteiger partial charge >= 0.3 is 0 Å². The molecule has 1 atom stereocenters. The molecule has 2 aliphatic rings. The van der Waals surface area contributed by atoms with Crippen molar-refractivity contribution < 1.29 is 8.42 Å². The molecule has 4 nitrogen and oxygen atoms in total. The molecular weight excluding hydrogens is 320 g/mol. The van der Waals surface area contributed by atoms with Gasteiger partial charge in [0.1, 0.15) is 0 Å². The lowest BCUT2D eigenvalue weighted by Gasteiger charge is -2.32. The molecule has 134 valence electrons. The molecule has 3 rings (SSSR count). The standard InChI is InChI=1S/C19H30N2O2S/c1-17-9-13-20(14-10-17)16-18-6-5-12-21(15-11-18)24(22,23)19-7-3-2-4-8-19/h2-4,7-8,17-18H,5-6,9-16H2,1H3. The van der Waals surface area contributed by atoms with Crippen LogP contribution in [0, 0.1) is 11.8 Å². The van der Waals surface area contributed by atoms with E-state index in [1.54, 1.807) is 28.6 Å². The zero-order chi connectivity index (χ0) is 17.0. The molecule has 0 aromatic heterocycles. The van der Waals surface area contributed by atoms with Crippen molar-refractivity contribution in [2.24, 2.45) is 11.8 Å². The maximum Gasteiger partial charge on any atom is 0.243 e. The van der Waals surface area contributed by atoms with E-state index in [0.717, 1.165) is 31.7 Å². The van der Waals surface area contributed by atoms with Crippen molar-refractivity contribution in [2.75, 3.05) is 32.7 Å². The Labute approximate surface area is 146 Å². The van der Waals surface area contributed by atoms with Gasteiger partial charge in [-0.05, 0) is 69.2 Å². The second-order valence-electron chi connectivity index (χ2n) is 7.50. The Morgan fingerprint density at radius 3 is 2.38 bits per heavy atom. The van der Waals surface area contributed by atoms with E-state index < -0.39 is 10.0 Å². The summed E-state index contributed by atoms with van der Waals surface area (Å²) in [5.74, 6) is 1.50. The first kappa shape index (κ1) is 17.9. The van der Waals surface area contributed by atoms with Crippen LogP contribution >= 0.6 is 0 Å². The lowest BCUT2D eigenvalue weighted by Crippen LogP contribution is -2.37. The number of benzene rings is 1. The van der Waals surface area contributed by atoms with E-state index in [2.05, 4.69) is 11.8 Å². The van der Waals surface area contributed by atoms with Crippen molar-refractivity contribution in [1.29, 1.82) is 0 Å². The SMILES string of the molecule is CC1CCN(CC2CCCN(S(=O)(=O)c3ccccc3)CC2)CC1. The Morgan fingerprint density at radius 1 is 0.958 bits per heavy atom. The Kier molecular flexibility index (Phi) is 5.95. The quantitative estimate of drug-likeness (QED) is 0.837. The second-order valence-corrected chi connectivity index (χ2v) is 9.44. The minimum absolute atomic E-state index is 0.425. The lowest BCUT2D eigenvalue weighted by atomic mass is 9.95. The number of rotatable bonds is 4. The van der Waals surface area contributed by atoms with Crippen molar-refractivity contribution in [2.45, 2.75) is 43.9 Å². The van der Waals surface area contributed by atoms with Crippen LogP contribution in [0.25, 0.3) is 0 Å². The molecule has 0 bridgehead atoms. The van der Waals surface area contributed by atoms with Gasteiger partial charge in [0.2, 0.25) is 10.0 Å². The van der Waals surface area contributed by atoms with Crippen LogP contribution in [0.3, 0.4) is 0 Å². The first-order chi connectivity index (χ1) is 11.6. The lowest BCUT2D eigenvalue weighted by molar-refractivity contribution is 0.161. The van der Waals surface area contributed by atoms with Crippen LogP contribution in [0.5, 0.6) is 0 Å². The smallest absolute Gasteiger partial charge is 0.243 e. The summed E-state index contributed by atoms with van der Waals surface area (Å²) in [5.41, 5.74) is 0. The summed E-state index contributed by atoms with van der Waals surface area (Å²) in [5, 5.41) is 0. The summed E-state index contributed by atoms with van der Waals surface area (Å²) >= 11 is 0. The second kappa shape index (κ2) is 7.98. The van der Waals surface area contributed by atoms with Crippen LogP contribution < -0.4 is 0 Å². The maximum absolute atomic E-state index is 12.8. The van der Waals surface area contributed by atoms with Gasteiger partial charge < -0.3 is 4.90 Å². The van der Waals surface area contributed by atoms with E-state index in [1.165, 1.54) is 25.9 Å². The molecule has 0 saturated carbocycles. The summed E-state index contributed by atoms with van der Waals surface area (Å²) in [6, 6.07) is 8.85. The molecular formula is C19H30N2O2S. The van der Waals surface area contributed by atoms with Crippen molar-refractivity contribution in [1.82, 2.24) is 9.21 Å². The minimum atomic E-state index is -3.33. The van der Waals surface area contributed by atoms with Crippen molar-refractivity contribution in [3.05, 3.63) is 30.3 Å². The van der Waals surface area contributed by atoms with Crippen molar-refractivity contribution >= 4 is 10.0 Å². The number of hydrogen-bond acceptors (Lipinski definition) is 3. The zero-order valence-corrected chi connectivity index (χ0v) is 15.5. The highest BCUT2D eigenvalue weighted by Gasteiger charge is 2.28. The largest absolute Gasteiger partial charge is 0.303 e. The summed E-state index contributed by atoms with van der Waals surface area (Å²) in [7, 11) is -3.33. The summed E-state index contributed by atoms with van der Waals surface area (Å²) in [6.07, 6.45) is 5.72. The zero-order valence-electron chi connectivity index (χ0n) is 14.7. The number of sulfonamides is 1. The topological polar surface area (TPSA) is 40.6 Å². The Bertz CT molecular complexity index is 610. The van der Waals surface area contributed by atoms with Gasteiger partial charge in [0.15, 0.2) is 0 Å². The van der Waals surface area contributed by atoms with Gasteiger partial charge in [-0.1, -0.05) is 25.1 Å². The highest BCUT2D eigenvalue weighted by molar-refractivity contribution is 7.89. The number of piperidine rings is 1. The van der Waals surface area contributed by atoms with Gasteiger partial charge in [-0.3, -0.25) is 0 Å². The van der Waals surface area contributed by atoms with Crippen LogP contribution in [0.4, 0.5) is 0 Å². The molecule has 2 fully saturated rings. The van der Waals surface area contributed by atoms with Gasteiger partial charge in [-0.15, -0.1) is 0 Å². The average molecular weight is 351 g/mol. The molecule has 1 unspecified atom stereocenters. The van der Waals surface area contributed by atoms with Crippen LogP contribution in [0.2, 0.25) is 0 Å². The summed E-state index contributed by atoms with van der Waals surface area (Å²) < 4.78 is 27.3. The Balaban J connectivity index is 1.57. The molecule has 1 aromatic rings. The molecule has 24 heavy (non-hydrogen) atoms. The fourth-order valence-corrected chi connectivity index (χ4v) is 5.43. The third-order valence-corrected chi connectivity index (χ3v) is 7.49. The van der Waals surface area contributed by atoms with E-state index in [9.17, 15) is 8.42 Å². The van der Waals surface area contributed by atoms with Crippen molar-refractivity contribution in [3.8, 4) is 0 Å². The number of likely N-dealkylation sites (tertiary alicyclic amines) is 1. The highest BCUT2D eigenvalue weighted by Crippen LogP contribution is 2.25. The van der Waals surface area contributed by atoms with Crippen LogP contribution in [-0.2, 0) is 10.0 Å². The van der Waals surface area contributed by atoms with Gasteiger partial charge in [-0.2, -0.15) is 4.31 Å². The molecule has 0 N–H and O–H groups in total. The molecule has 2 aliphatic heterocycles. The van der Waals surface area contributed by atoms with Gasteiger partial charge in [0, 0.05) is 19.6 Å². The van der Waals surface area contributed by atoms with Crippen molar-refractivity contribution in [3.63, 3.8) is 0 Å². The third kappa shape index (κ3) is 4.38. The number of hydrogen-bond donors (Lipinski definition) is 0. The van der Waals surface area contributed by atoms with Crippen LogP contribution in [-0.4, -0.2) is 50.3 Å². The van der Waals surface area contributed by atoms with E-state index in [-0.39, 0.29) is 0 Å². The number of nitrogens with zero attached hydrogens (tertiary/aromatic N) is 2. The third-order valence-electron chi connectivity index (χ3n) is 5.58. The molecule has 0 amide bonds. The van der Waals surface area contributed by atoms with E-state index in [4.69, 9.17) is 0 Å². The molecule has 5 heteroatoms. The van der Waals surface area contributed by atoms with E-state index >= 15 is 0 Å². The van der Waals surface area contributed by atoms with Crippen LogP contribution in [0.1, 0.15) is 39.0 Å². The van der Waals surface area contributed by atoms with Gasteiger partial charge in [-0.25, -0.2) is 8.42 Å². The molecule has 0 aliphatic carbocycles. The van der Waals surface area contributed by atoms with E-state index in [0.29, 0.717) is 23.9 Å². The first-order valence-corrected chi connectivity index (χ1v) is 10.8. The Hall–Kier alpha value is -0.910. The Morgan fingerprint density at radius 2 is 1.67 bits per heavy atom. The van der Waals surface area contributed by atoms with Gasteiger partial charge in [0.25, 0.3) is 0 Å². The predicted octanol–water partition coefficient (Wildman–Crippen LogP) is 3.21. The molecule has 0 spiro atoms. The summed E-state index contributed by atoms with van der Waals surface area (Å²) in [6.45, 7) is 7.23. The predicted molar refractivity (Wildman–Crippen MR) is 97.4 cm³/mol. The molecule has 2 saturated heterocycles. The maximum atomic E-state index is 12.8. The monoisotopic (exact) mass is 350 g/mol. The summed E-state index contributed by atoms with van der Waals surface area (Å²) in [4.78, 5) is 3.01. The van der Waals surface area contributed by atoms with E-state index in [1.807, 2.05) is 6.07 Å². The highest BCUT2D eigenvalue weighted by atomic mass is 32.2. The molecule has 2 heterocycles. The fourth-order valence-electron chi connectivity index (χ4n) is 3.91.